The van der Waals surface area contributed by atoms with E-state index in [9.17, 15) is 9.59 Å². The van der Waals surface area contributed by atoms with Gasteiger partial charge in [0.15, 0.2) is 0 Å². The lowest BCUT2D eigenvalue weighted by Gasteiger charge is -2.32. The maximum Gasteiger partial charge on any atom is 0.239 e. The first kappa shape index (κ1) is 20.3. The Labute approximate surface area is 157 Å². The minimum atomic E-state index is -1.12. The summed E-state index contributed by atoms with van der Waals surface area (Å²) in [4.78, 5) is 27.3. The number of rotatable bonds is 6. The number of piperidine rings is 1. The molecular formula is C21H33N3O2. The number of anilines is 2. The molecule has 1 unspecified atom stereocenters. The van der Waals surface area contributed by atoms with Crippen LogP contribution in [0.15, 0.2) is 24.3 Å². The highest BCUT2D eigenvalue weighted by molar-refractivity contribution is 6.09. The molecule has 0 bridgehead atoms. The predicted molar refractivity (Wildman–Crippen MR) is 107 cm³/mol. The fourth-order valence-electron chi connectivity index (χ4n) is 2.92. The first-order valence-corrected chi connectivity index (χ1v) is 9.71. The molecule has 0 radical (unpaired) electrons. The second kappa shape index (κ2) is 8.56. The van der Waals surface area contributed by atoms with Crippen LogP contribution in [0, 0.1) is 11.3 Å². The summed E-state index contributed by atoms with van der Waals surface area (Å²) in [6.07, 6.45) is 3.27. The molecule has 5 nitrogen and oxygen atoms in total. The largest absolute Gasteiger partial charge is 0.372 e. The number of nitrogens with zero attached hydrogens (tertiary/aromatic N) is 1. The van der Waals surface area contributed by atoms with Gasteiger partial charge in [0.1, 0.15) is 5.41 Å². The van der Waals surface area contributed by atoms with Gasteiger partial charge in [-0.3, -0.25) is 9.59 Å². The normalized spacial score (nSPS) is 16.9. The second-order valence-corrected chi connectivity index (χ2v) is 8.08. The highest BCUT2D eigenvalue weighted by Crippen LogP contribution is 2.25. The lowest BCUT2D eigenvalue weighted by Crippen LogP contribution is -2.47. The number of nitrogens with one attached hydrogen (secondary N) is 2. The molecule has 1 atom stereocenters. The molecule has 1 aromatic carbocycles. The summed E-state index contributed by atoms with van der Waals surface area (Å²) in [5.74, 6) is 0.259. The number of hydrogen-bond donors (Lipinski definition) is 2. The van der Waals surface area contributed by atoms with Gasteiger partial charge in [-0.05, 0) is 70.2 Å². The molecule has 26 heavy (non-hydrogen) atoms. The van der Waals surface area contributed by atoms with Crippen molar-refractivity contribution in [2.24, 2.45) is 11.3 Å². The maximum atomic E-state index is 12.6. The van der Waals surface area contributed by atoms with Crippen LogP contribution < -0.4 is 15.5 Å². The van der Waals surface area contributed by atoms with Gasteiger partial charge in [-0.15, -0.1) is 0 Å². The Kier molecular flexibility index (Phi) is 6.68. The van der Waals surface area contributed by atoms with Gasteiger partial charge in [0.25, 0.3) is 0 Å². The summed E-state index contributed by atoms with van der Waals surface area (Å²) in [6.45, 7) is 11.7. The van der Waals surface area contributed by atoms with Crippen molar-refractivity contribution in [2.45, 2.75) is 59.9 Å². The number of hydrogen-bond acceptors (Lipinski definition) is 3. The number of amides is 2. The average Bonchev–Trinajstić information content (AvgIpc) is 2.62. The Morgan fingerprint density at radius 2 is 1.73 bits per heavy atom. The van der Waals surface area contributed by atoms with E-state index >= 15 is 0 Å². The summed E-state index contributed by atoms with van der Waals surface area (Å²) < 4.78 is 0. The van der Waals surface area contributed by atoms with Crippen LogP contribution in [0.4, 0.5) is 11.4 Å². The van der Waals surface area contributed by atoms with E-state index in [1.165, 1.54) is 18.5 Å². The van der Waals surface area contributed by atoms with E-state index < -0.39 is 5.41 Å². The maximum absolute atomic E-state index is 12.6. The Morgan fingerprint density at radius 1 is 1.15 bits per heavy atom. The fraction of sp³-hybridized carbons (Fsp3) is 0.619. The Bertz CT molecular complexity index is 617. The standard InChI is InChI=1S/C21H33N3O2/c1-6-16(3)22-19(25)21(4,5)20(26)23-17-7-9-18(10-8-17)24-13-11-15(2)12-14-24/h7-10,15-16H,6,11-14H2,1-5H3,(H,22,25)(H,23,26). The molecule has 144 valence electrons. The van der Waals surface area contributed by atoms with Gasteiger partial charge in [-0.1, -0.05) is 13.8 Å². The van der Waals surface area contributed by atoms with Gasteiger partial charge in [0.05, 0.1) is 0 Å². The van der Waals surface area contributed by atoms with Gasteiger partial charge in [-0.25, -0.2) is 0 Å². The molecule has 2 amide bonds. The van der Waals surface area contributed by atoms with Crippen molar-refractivity contribution in [1.29, 1.82) is 0 Å². The number of carbonyl (C=O) groups excluding carboxylic acids is 2. The van der Waals surface area contributed by atoms with Crippen molar-refractivity contribution in [1.82, 2.24) is 5.32 Å². The smallest absolute Gasteiger partial charge is 0.239 e. The fourth-order valence-corrected chi connectivity index (χ4v) is 2.92. The molecule has 5 heteroatoms. The van der Waals surface area contributed by atoms with Crippen LogP contribution in [0.5, 0.6) is 0 Å². The van der Waals surface area contributed by atoms with Crippen LogP contribution in [0.2, 0.25) is 0 Å². The van der Waals surface area contributed by atoms with Crippen LogP contribution >= 0.6 is 0 Å². The van der Waals surface area contributed by atoms with Crippen LogP contribution in [-0.2, 0) is 9.59 Å². The molecule has 1 heterocycles. The zero-order chi connectivity index (χ0) is 19.3. The molecule has 1 aromatic rings. The van der Waals surface area contributed by atoms with Crippen LogP contribution in [0.25, 0.3) is 0 Å². The predicted octanol–water partition coefficient (Wildman–Crippen LogP) is 3.80. The molecule has 0 aromatic heterocycles. The van der Waals surface area contributed by atoms with Crippen LogP contribution in [-0.4, -0.2) is 30.9 Å². The quantitative estimate of drug-likeness (QED) is 0.760. The third-order valence-corrected chi connectivity index (χ3v) is 5.40. The molecule has 2 rings (SSSR count). The zero-order valence-corrected chi connectivity index (χ0v) is 16.8. The van der Waals surface area contributed by atoms with Gasteiger partial charge in [0, 0.05) is 30.5 Å². The summed E-state index contributed by atoms with van der Waals surface area (Å²) >= 11 is 0. The molecule has 1 fully saturated rings. The molecule has 0 aliphatic carbocycles. The Hall–Kier alpha value is -2.04. The van der Waals surface area contributed by atoms with E-state index in [0.29, 0.717) is 5.69 Å². The molecule has 1 saturated heterocycles. The first-order chi connectivity index (χ1) is 12.2. The summed E-state index contributed by atoms with van der Waals surface area (Å²) in [6, 6.07) is 7.96. The van der Waals surface area contributed by atoms with E-state index in [4.69, 9.17) is 0 Å². The van der Waals surface area contributed by atoms with Crippen molar-refractivity contribution >= 4 is 23.2 Å². The molecule has 0 saturated carbocycles. The van der Waals surface area contributed by atoms with Crippen molar-refractivity contribution in [3.8, 4) is 0 Å². The molecular weight excluding hydrogens is 326 g/mol. The van der Waals surface area contributed by atoms with Crippen molar-refractivity contribution < 1.29 is 9.59 Å². The van der Waals surface area contributed by atoms with E-state index in [1.807, 2.05) is 38.1 Å². The molecule has 1 aliphatic rings. The number of carbonyl (C=O) groups is 2. The Morgan fingerprint density at radius 3 is 2.27 bits per heavy atom. The van der Waals surface area contributed by atoms with Crippen LogP contribution in [0.3, 0.4) is 0 Å². The lowest BCUT2D eigenvalue weighted by molar-refractivity contribution is -0.138. The van der Waals surface area contributed by atoms with Crippen LogP contribution in [0.1, 0.15) is 53.9 Å². The highest BCUT2D eigenvalue weighted by Gasteiger charge is 2.36. The monoisotopic (exact) mass is 359 g/mol. The van der Waals surface area contributed by atoms with E-state index in [2.05, 4.69) is 22.5 Å². The van der Waals surface area contributed by atoms with Gasteiger partial charge in [0.2, 0.25) is 11.8 Å². The van der Waals surface area contributed by atoms with Crippen molar-refractivity contribution in [3.05, 3.63) is 24.3 Å². The van der Waals surface area contributed by atoms with E-state index in [1.54, 1.807) is 13.8 Å². The zero-order valence-electron chi connectivity index (χ0n) is 16.8. The van der Waals surface area contributed by atoms with E-state index in [0.717, 1.165) is 25.4 Å². The van der Waals surface area contributed by atoms with Crippen molar-refractivity contribution in [3.63, 3.8) is 0 Å². The highest BCUT2D eigenvalue weighted by atomic mass is 16.2. The van der Waals surface area contributed by atoms with Gasteiger partial charge < -0.3 is 15.5 Å². The second-order valence-electron chi connectivity index (χ2n) is 8.08. The van der Waals surface area contributed by atoms with Crippen molar-refractivity contribution in [2.75, 3.05) is 23.3 Å². The van der Waals surface area contributed by atoms with Gasteiger partial charge >= 0.3 is 0 Å². The molecule has 1 aliphatic heterocycles. The summed E-state index contributed by atoms with van der Waals surface area (Å²) in [5.41, 5.74) is 0.780. The Balaban J connectivity index is 1.97. The van der Waals surface area contributed by atoms with E-state index in [-0.39, 0.29) is 17.9 Å². The topological polar surface area (TPSA) is 61.4 Å². The minimum Gasteiger partial charge on any atom is -0.372 e. The van der Waals surface area contributed by atoms with Gasteiger partial charge in [-0.2, -0.15) is 0 Å². The SMILES string of the molecule is CCC(C)NC(=O)C(C)(C)C(=O)Nc1ccc(N2CCC(C)CC2)cc1. The third kappa shape index (κ3) is 4.99. The summed E-state index contributed by atoms with van der Waals surface area (Å²) in [7, 11) is 0. The molecule has 0 spiro atoms. The minimum absolute atomic E-state index is 0.0566. The summed E-state index contributed by atoms with van der Waals surface area (Å²) in [5, 5.41) is 5.76. The molecule has 2 N–H and O–H groups in total. The number of benzene rings is 1. The first-order valence-electron chi connectivity index (χ1n) is 9.71. The average molecular weight is 360 g/mol. The third-order valence-electron chi connectivity index (χ3n) is 5.40. The lowest BCUT2D eigenvalue weighted by atomic mass is 9.90.